The van der Waals surface area contributed by atoms with Gasteiger partial charge in [-0.25, -0.2) is 0 Å². The Morgan fingerprint density at radius 1 is 1.30 bits per heavy atom. The van der Waals surface area contributed by atoms with E-state index in [1.165, 1.54) is 13.3 Å². The van der Waals surface area contributed by atoms with Gasteiger partial charge in [0.25, 0.3) is 5.91 Å². The van der Waals surface area contributed by atoms with Crippen LogP contribution >= 0.6 is 11.6 Å². The van der Waals surface area contributed by atoms with Crippen LogP contribution in [0.3, 0.4) is 0 Å². The SMILES string of the molecule is COc1ccc(Cl)cc1NC(=O)/C(C#N)=C\NCc1ccc2c(c1)OCO2. The topological polar surface area (TPSA) is 92.6 Å². The number of hydrogen-bond donors (Lipinski definition) is 2. The van der Waals surface area contributed by atoms with Crippen molar-refractivity contribution < 1.29 is 19.0 Å². The lowest BCUT2D eigenvalue weighted by atomic mass is 10.2. The van der Waals surface area contributed by atoms with Gasteiger partial charge in [0, 0.05) is 17.8 Å². The number of carbonyl (C=O) groups excluding carboxylic acids is 1. The number of rotatable bonds is 6. The minimum Gasteiger partial charge on any atom is -0.495 e. The number of nitrogens with one attached hydrogen (secondary N) is 2. The van der Waals surface area contributed by atoms with Crippen LogP contribution in [0.4, 0.5) is 5.69 Å². The van der Waals surface area contributed by atoms with Gasteiger partial charge in [-0.2, -0.15) is 5.26 Å². The molecule has 0 fully saturated rings. The molecule has 0 bridgehead atoms. The lowest BCUT2D eigenvalue weighted by Crippen LogP contribution is -2.17. The van der Waals surface area contributed by atoms with E-state index in [1.807, 2.05) is 24.3 Å². The van der Waals surface area contributed by atoms with Gasteiger partial charge in [-0.05, 0) is 35.9 Å². The monoisotopic (exact) mass is 385 g/mol. The standard InChI is InChI=1S/C19H16ClN3O4/c1-25-16-5-3-14(20)7-15(16)23-19(24)13(8-21)10-22-9-12-2-4-17-18(6-12)27-11-26-17/h2-7,10,22H,9,11H2,1H3,(H,23,24)/b13-10-. The summed E-state index contributed by atoms with van der Waals surface area (Å²) in [6.07, 6.45) is 1.36. The van der Waals surface area contributed by atoms with Crippen molar-refractivity contribution in [2.45, 2.75) is 6.54 Å². The van der Waals surface area contributed by atoms with Crippen molar-refractivity contribution in [3.05, 3.63) is 58.8 Å². The number of nitriles is 1. The van der Waals surface area contributed by atoms with Gasteiger partial charge in [0.1, 0.15) is 17.4 Å². The average molecular weight is 386 g/mol. The van der Waals surface area contributed by atoms with Crippen LogP contribution in [0.15, 0.2) is 48.2 Å². The highest BCUT2D eigenvalue weighted by atomic mass is 35.5. The fourth-order valence-electron chi connectivity index (χ4n) is 2.44. The normalized spacial score (nSPS) is 12.3. The third-order valence-electron chi connectivity index (χ3n) is 3.76. The number of hydrogen-bond acceptors (Lipinski definition) is 6. The number of anilines is 1. The van der Waals surface area contributed by atoms with Crippen LogP contribution in [0.1, 0.15) is 5.56 Å². The second-order valence-electron chi connectivity index (χ2n) is 5.54. The number of methoxy groups -OCH3 is 1. The van der Waals surface area contributed by atoms with Crippen molar-refractivity contribution in [1.82, 2.24) is 5.32 Å². The number of carbonyl (C=O) groups is 1. The minimum atomic E-state index is -0.573. The van der Waals surface area contributed by atoms with Crippen molar-refractivity contribution >= 4 is 23.2 Å². The quantitative estimate of drug-likeness (QED) is 0.586. The maximum absolute atomic E-state index is 12.3. The molecule has 1 aliphatic heterocycles. The van der Waals surface area contributed by atoms with Gasteiger partial charge in [0.05, 0.1) is 12.8 Å². The number of fused-ring (bicyclic) bond motifs is 1. The van der Waals surface area contributed by atoms with E-state index in [4.69, 9.17) is 25.8 Å². The summed E-state index contributed by atoms with van der Waals surface area (Å²) >= 11 is 5.94. The molecule has 0 aromatic heterocycles. The molecule has 0 saturated heterocycles. The Morgan fingerprint density at radius 3 is 2.89 bits per heavy atom. The van der Waals surface area contributed by atoms with Crippen molar-refractivity contribution in [2.24, 2.45) is 0 Å². The maximum Gasteiger partial charge on any atom is 0.267 e. The summed E-state index contributed by atoms with van der Waals surface area (Å²) in [6.45, 7) is 0.618. The van der Waals surface area contributed by atoms with E-state index < -0.39 is 5.91 Å². The number of nitrogens with zero attached hydrogens (tertiary/aromatic N) is 1. The summed E-state index contributed by atoms with van der Waals surface area (Å²) in [5.41, 5.74) is 1.22. The molecule has 2 N–H and O–H groups in total. The molecule has 1 aliphatic rings. The van der Waals surface area contributed by atoms with Gasteiger partial charge < -0.3 is 24.8 Å². The highest BCUT2D eigenvalue weighted by molar-refractivity contribution is 6.31. The summed E-state index contributed by atoms with van der Waals surface area (Å²) in [5.74, 6) is 1.24. The fourth-order valence-corrected chi connectivity index (χ4v) is 2.61. The minimum absolute atomic E-state index is 0.0854. The summed E-state index contributed by atoms with van der Waals surface area (Å²) in [7, 11) is 1.48. The van der Waals surface area contributed by atoms with Gasteiger partial charge in [-0.3, -0.25) is 4.79 Å². The van der Waals surface area contributed by atoms with E-state index in [1.54, 1.807) is 18.2 Å². The smallest absolute Gasteiger partial charge is 0.267 e. The second-order valence-corrected chi connectivity index (χ2v) is 5.97. The molecule has 138 valence electrons. The zero-order valence-electron chi connectivity index (χ0n) is 14.4. The summed E-state index contributed by atoms with van der Waals surface area (Å²) in [4.78, 5) is 12.3. The van der Waals surface area contributed by atoms with Crippen LogP contribution < -0.4 is 24.8 Å². The fraction of sp³-hybridized carbons (Fsp3) is 0.158. The van der Waals surface area contributed by atoms with Crippen LogP contribution in [0.5, 0.6) is 17.2 Å². The largest absolute Gasteiger partial charge is 0.495 e. The summed E-state index contributed by atoms with van der Waals surface area (Å²) < 4.78 is 15.8. The number of halogens is 1. The Kier molecular flexibility index (Phi) is 5.69. The molecule has 1 amide bonds. The van der Waals surface area contributed by atoms with Crippen LogP contribution in [0.2, 0.25) is 5.02 Å². The maximum atomic E-state index is 12.3. The summed E-state index contributed by atoms with van der Waals surface area (Å²) in [5, 5.41) is 15.3. The molecule has 0 radical (unpaired) electrons. The number of benzene rings is 2. The van der Waals surface area contributed by atoms with Gasteiger partial charge >= 0.3 is 0 Å². The Hall–Kier alpha value is -3.37. The molecule has 1 heterocycles. The highest BCUT2D eigenvalue weighted by Crippen LogP contribution is 2.32. The molecular formula is C19H16ClN3O4. The first-order valence-electron chi connectivity index (χ1n) is 7.98. The van der Waals surface area contributed by atoms with Crippen LogP contribution in [-0.2, 0) is 11.3 Å². The lowest BCUT2D eigenvalue weighted by molar-refractivity contribution is -0.112. The lowest BCUT2D eigenvalue weighted by Gasteiger charge is -2.10. The molecule has 0 unspecified atom stereocenters. The van der Waals surface area contributed by atoms with Crippen LogP contribution in [-0.4, -0.2) is 19.8 Å². The zero-order chi connectivity index (χ0) is 19.2. The molecule has 0 saturated carbocycles. The Bertz CT molecular complexity index is 937. The third kappa shape index (κ3) is 4.43. The predicted molar refractivity (Wildman–Crippen MR) is 99.7 cm³/mol. The van der Waals surface area contributed by atoms with Crippen molar-refractivity contribution in [3.8, 4) is 23.3 Å². The molecular weight excluding hydrogens is 370 g/mol. The van der Waals surface area contributed by atoms with E-state index >= 15 is 0 Å². The predicted octanol–water partition coefficient (Wildman–Crippen LogP) is 3.21. The van der Waals surface area contributed by atoms with Crippen molar-refractivity contribution in [2.75, 3.05) is 19.2 Å². The molecule has 8 heteroatoms. The van der Waals surface area contributed by atoms with E-state index in [2.05, 4.69) is 10.6 Å². The van der Waals surface area contributed by atoms with Gasteiger partial charge in [0.2, 0.25) is 6.79 Å². The van der Waals surface area contributed by atoms with Gasteiger partial charge in [-0.15, -0.1) is 0 Å². The van der Waals surface area contributed by atoms with E-state index in [0.717, 1.165) is 5.56 Å². The van der Waals surface area contributed by atoms with E-state index in [0.29, 0.717) is 34.5 Å². The molecule has 27 heavy (non-hydrogen) atoms. The molecule has 7 nitrogen and oxygen atoms in total. The van der Waals surface area contributed by atoms with Crippen molar-refractivity contribution in [1.29, 1.82) is 5.26 Å². The Labute approximate surface area is 161 Å². The average Bonchev–Trinajstić information content (AvgIpc) is 3.13. The van der Waals surface area contributed by atoms with Gasteiger partial charge in [0.15, 0.2) is 11.5 Å². The van der Waals surface area contributed by atoms with E-state index in [9.17, 15) is 10.1 Å². The Morgan fingerprint density at radius 2 is 2.11 bits per heavy atom. The highest BCUT2D eigenvalue weighted by Gasteiger charge is 2.14. The van der Waals surface area contributed by atoms with Crippen LogP contribution in [0.25, 0.3) is 0 Å². The van der Waals surface area contributed by atoms with Crippen molar-refractivity contribution in [3.63, 3.8) is 0 Å². The zero-order valence-corrected chi connectivity index (χ0v) is 15.2. The van der Waals surface area contributed by atoms with Crippen LogP contribution in [0, 0.1) is 11.3 Å². The first kappa shape index (κ1) is 18.4. The molecule has 0 spiro atoms. The number of ether oxygens (including phenoxy) is 3. The first-order valence-corrected chi connectivity index (χ1v) is 8.35. The summed E-state index contributed by atoms with van der Waals surface area (Å²) in [6, 6.07) is 12.2. The molecule has 0 atom stereocenters. The Balaban J connectivity index is 1.65. The molecule has 0 aliphatic carbocycles. The second kappa shape index (κ2) is 8.34. The van der Waals surface area contributed by atoms with E-state index in [-0.39, 0.29) is 12.4 Å². The molecule has 2 aromatic rings. The third-order valence-corrected chi connectivity index (χ3v) is 4.00. The molecule has 3 rings (SSSR count). The number of amides is 1. The first-order chi connectivity index (χ1) is 13.1. The molecule has 2 aromatic carbocycles. The van der Waals surface area contributed by atoms with Gasteiger partial charge in [-0.1, -0.05) is 17.7 Å².